The predicted octanol–water partition coefficient (Wildman–Crippen LogP) is 9.96. The molecule has 47 heavy (non-hydrogen) atoms. The number of hydrogen-bond donors (Lipinski definition) is 3. The van der Waals surface area contributed by atoms with Gasteiger partial charge in [0.25, 0.3) is 0 Å². The number of rotatable bonds is 13. The number of carboxylic acid groups (broad SMARTS) is 1. The van der Waals surface area contributed by atoms with E-state index in [4.69, 9.17) is 5.11 Å². The first-order valence-corrected chi connectivity index (χ1v) is 19.9. The van der Waals surface area contributed by atoms with Crippen LogP contribution in [0.1, 0.15) is 164 Å². The average Bonchev–Trinajstić information content (AvgIpc) is 3.41. The highest BCUT2D eigenvalue weighted by Crippen LogP contribution is 2.77. The molecule has 3 N–H and O–H groups in total. The lowest BCUT2D eigenvalue weighted by Gasteiger charge is -2.72. The van der Waals surface area contributed by atoms with Gasteiger partial charge in [0.05, 0.1) is 17.4 Å². The van der Waals surface area contributed by atoms with Gasteiger partial charge in [-0.15, -0.1) is 0 Å². The van der Waals surface area contributed by atoms with Gasteiger partial charge in [0.1, 0.15) is 0 Å². The smallest absolute Gasteiger partial charge is 0.306 e. The first-order valence-electron chi connectivity index (χ1n) is 19.9. The van der Waals surface area contributed by atoms with Crippen LogP contribution in [0.25, 0.3) is 0 Å². The fourth-order valence-electron chi connectivity index (χ4n) is 13.5. The molecule has 5 heteroatoms. The van der Waals surface area contributed by atoms with E-state index in [1.54, 1.807) is 6.92 Å². The van der Waals surface area contributed by atoms with Gasteiger partial charge < -0.3 is 15.5 Å². The topological polar surface area (TPSA) is 86.6 Å². The van der Waals surface area contributed by atoms with E-state index in [9.17, 15) is 14.7 Å². The maximum atomic E-state index is 14.4. The number of carboxylic acids is 1. The second-order valence-corrected chi connectivity index (χ2v) is 19.0. The number of hydrogen-bond acceptors (Lipinski definition) is 3. The number of amides is 1. The second kappa shape index (κ2) is 13.7. The third-order valence-electron chi connectivity index (χ3n) is 16.5. The van der Waals surface area contributed by atoms with Crippen LogP contribution in [0.5, 0.6) is 0 Å². The van der Waals surface area contributed by atoms with E-state index in [0.717, 1.165) is 77.2 Å². The van der Waals surface area contributed by atoms with Crippen molar-refractivity contribution >= 4 is 11.9 Å². The van der Waals surface area contributed by atoms with Gasteiger partial charge in [-0.3, -0.25) is 9.59 Å². The molecule has 11 atom stereocenters. The summed E-state index contributed by atoms with van der Waals surface area (Å²) < 4.78 is 0. The molecule has 5 saturated carbocycles. The summed E-state index contributed by atoms with van der Waals surface area (Å²) in [5.74, 6) is 2.09. The molecule has 268 valence electrons. The Labute approximate surface area is 287 Å². The molecular formula is C42H71NO4. The molecule has 0 aromatic heterocycles. The van der Waals surface area contributed by atoms with Crippen molar-refractivity contribution in [3.8, 4) is 0 Å². The van der Waals surface area contributed by atoms with Crippen LogP contribution in [0, 0.1) is 62.6 Å². The van der Waals surface area contributed by atoms with Crippen molar-refractivity contribution in [2.75, 3.05) is 6.54 Å². The van der Waals surface area contributed by atoms with Gasteiger partial charge in [0.2, 0.25) is 5.91 Å². The molecule has 5 nitrogen and oxygen atoms in total. The van der Waals surface area contributed by atoms with Crippen molar-refractivity contribution < 1.29 is 19.8 Å². The largest absolute Gasteiger partial charge is 0.481 e. The lowest BCUT2D eigenvalue weighted by Crippen LogP contribution is -2.67. The molecular weight excluding hydrogens is 582 g/mol. The maximum absolute atomic E-state index is 14.4. The fourth-order valence-corrected chi connectivity index (χ4v) is 13.5. The molecule has 0 spiro atoms. The summed E-state index contributed by atoms with van der Waals surface area (Å²) in [6.07, 6.45) is 19.8. The van der Waals surface area contributed by atoms with Crippen molar-refractivity contribution in [2.45, 2.75) is 170 Å². The first-order chi connectivity index (χ1) is 22.1. The number of nitrogens with one attached hydrogen (secondary N) is 1. The molecule has 0 bridgehead atoms. The first kappa shape index (κ1) is 36.9. The number of aliphatic hydroxyl groups is 1. The second-order valence-electron chi connectivity index (χ2n) is 19.0. The van der Waals surface area contributed by atoms with E-state index in [0.29, 0.717) is 35.5 Å². The van der Waals surface area contributed by atoms with Gasteiger partial charge >= 0.3 is 5.97 Å². The van der Waals surface area contributed by atoms with Gasteiger partial charge in [-0.2, -0.15) is 0 Å². The Hall–Kier alpha value is -1.36. The molecule has 1 amide bonds. The van der Waals surface area contributed by atoms with Crippen molar-refractivity contribution in [1.29, 1.82) is 0 Å². The molecule has 0 saturated heterocycles. The fraction of sp³-hybridized carbons (Fsp3) is 0.905. The van der Waals surface area contributed by atoms with Gasteiger partial charge in [0.15, 0.2) is 0 Å². The summed E-state index contributed by atoms with van der Waals surface area (Å²) in [6, 6.07) is 0. The number of aliphatic carboxylic acids is 1. The number of carbonyl (C=O) groups is 2. The van der Waals surface area contributed by atoms with Crippen LogP contribution in [0.15, 0.2) is 12.2 Å². The summed E-state index contributed by atoms with van der Waals surface area (Å²) in [5, 5.41) is 23.6. The Kier molecular flexibility index (Phi) is 10.8. The zero-order chi connectivity index (χ0) is 34.4. The molecule has 0 heterocycles. The van der Waals surface area contributed by atoms with Crippen LogP contribution >= 0.6 is 0 Å². The lowest BCUT2D eigenvalue weighted by molar-refractivity contribution is -0.246. The van der Waals surface area contributed by atoms with Crippen LogP contribution in [-0.4, -0.2) is 34.7 Å². The molecule has 5 fully saturated rings. The summed E-state index contributed by atoms with van der Waals surface area (Å²) in [5.41, 5.74) is 1.78. The molecule has 5 aliphatic carbocycles. The van der Waals surface area contributed by atoms with Crippen LogP contribution in [0.3, 0.4) is 0 Å². The van der Waals surface area contributed by atoms with Gasteiger partial charge in [0, 0.05) is 6.54 Å². The lowest BCUT2D eigenvalue weighted by atomic mass is 9.32. The summed E-state index contributed by atoms with van der Waals surface area (Å²) in [4.78, 5) is 25.4. The van der Waals surface area contributed by atoms with E-state index >= 15 is 0 Å². The molecule has 5 aliphatic rings. The van der Waals surface area contributed by atoms with Gasteiger partial charge in [-0.25, -0.2) is 0 Å². The Morgan fingerprint density at radius 1 is 0.787 bits per heavy atom. The van der Waals surface area contributed by atoms with E-state index in [2.05, 4.69) is 53.4 Å². The Morgan fingerprint density at radius 3 is 2.11 bits per heavy atom. The van der Waals surface area contributed by atoms with Gasteiger partial charge in [-0.05, 0) is 135 Å². The van der Waals surface area contributed by atoms with Crippen molar-refractivity contribution in [3.63, 3.8) is 0 Å². The quantitative estimate of drug-likeness (QED) is 0.136. The van der Waals surface area contributed by atoms with Crippen LogP contribution in [-0.2, 0) is 9.59 Å². The number of fused-ring (bicyclic) bond motifs is 7. The minimum absolute atomic E-state index is 0.0233. The minimum Gasteiger partial charge on any atom is -0.481 e. The Bertz CT molecular complexity index is 1160. The van der Waals surface area contributed by atoms with E-state index in [-0.39, 0.29) is 39.1 Å². The molecule has 5 rings (SSSR count). The zero-order valence-electron chi connectivity index (χ0n) is 31.4. The standard InChI is InChI=1S/C42H71NO4/c1-28(2)30-19-24-42(37(47)43-27-15-13-11-9-10-12-14-16-29(3)36(45)46)26-25-40(7)31(35(30)42)17-18-33-39(6)22-21-34(44)38(4,5)32(39)20-23-41(33,40)8/h29-35,44H,1,9-27H2,2-8H3,(H,43,47)(H,45,46)/t29-,30+,31-,32+,33+,34+,35-,39+,40-,41-,42+/m1/s1. The summed E-state index contributed by atoms with van der Waals surface area (Å²) >= 11 is 0. The summed E-state index contributed by atoms with van der Waals surface area (Å²) in [6.45, 7) is 21.9. The van der Waals surface area contributed by atoms with Crippen LogP contribution < -0.4 is 5.32 Å². The highest BCUT2D eigenvalue weighted by Gasteiger charge is 2.71. The minimum atomic E-state index is -0.683. The van der Waals surface area contributed by atoms with Gasteiger partial charge in [-0.1, -0.05) is 92.2 Å². The van der Waals surface area contributed by atoms with Crippen LogP contribution in [0.2, 0.25) is 0 Å². The predicted molar refractivity (Wildman–Crippen MR) is 192 cm³/mol. The van der Waals surface area contributed by atoms with Crippen molar-refractivity contribution in [3.05, 3.63) is 12.2 Å². The molecule has 0 radical (unpaired) electrons. The zero-order valence-corrected chi connectivity index (χ0v) is 31.4. The normalized spacial score (nSPS) is 42.7. The monoisotopic (exact) mass is 654 g/mol. The molecule has 0 aliphatic heterocycles. The Morgan fingerprint density at radius 2 is 1.45 bits per heavy atom. The SMILES string of the molecule is C=C(C)[C@@H]1CC[C@]2(C(=O)NCCCCCCCCC[C@@H](C)C(=O)O)CC[C@]3(C)[C@H](CC[C@H]4[C@@]5(C)CC[C@H](O)C(C)(C)[C@@H]5CC[C@]43C)[C@@H]12. The van der Waals surface area contributed by atoms with Crippen LogP contribution in [0.4, 0.5) is 0 Å². The number of unbranched alkanes of at least 4 members (excludes halogenated alkanes) is 6. The third kappa shape index (κ3) is 6.18. The van der Waals surface area contributed by atoms with E-state index in [1.807, 2.05) is 0 Å². The average molecular weight is 654 g/mol. The summed E-state index contributed by atoms with van der Waals surface area (Å²) in [7, 11) is 0. The maximum Gasteiger partial charge on any atom is 0.306 e. The highest BCUT2D eigenvalue weighted by molar-refractivity contribution is 5.84. The van der Waals surface area contributed by atoms with Crippen molar-refractivity contribution in [2.24, 2.45) is 62.6 Å². The van der Waals surface area contributed by atoms with Crippen molar-refractivity contribution in [1.82, 2.24) is 5.32 Å². The van der Waals surface area contributed by atoms with E-state index < -0.39 is 5.97 Å². The molecule has 0 aromatic rings. The molecule has 0 aromatic carbocycles. The Balaban J connectivity index is 1.22. The number of aliphatic hydroxyl groups excluding tert-OH is 1. The molecule has 0 unspecified atom stereocenters. The highest BCUT2D eigenvalue weighted by atomic mass is 16.4. The number of carbonyl (C=O) groups excluding carboxylic acids is 1. The third-order valence-corrected chi connectivity index (χ3v) is 16.5. The van der Waals surface area contributed by atoms with E-state index in [1.165, 1.54) is 50.5 Å². The number of allylic oxidation sites excluding steroid dienone is 1.